The first-order valence-corrected chi connectivity index (χ1v) is 11.3. The number of hydrogen-bond acceptors (Lipinski definition) is 5. The number of carbonyl (C=O) groups is 2. The predicted octanol–water partition coefficient (Wildman–Crippen LogP) is 4.64. The van der Waals surface area contributed by atoms with Crippen LogP contribution in [0.4, 0.5) is 11.4 Å². The van der Waals surface area contributed by atoms with Crippen molar-refractivity contribution in [1.29, 1.82) is 0 Å². The van der Waals surface area contributed by atoms with Crippen LogP contribution in [0.25, 0.3) is 10.9 Å². The molecule has 2 heterocycles. The van der Waals surface area contributed by atoms with Gasteiger partial charge in [-0.1, -0.05) is 36.4 Å². The fourth-order valence-electron chi connectivity index (χ4n) is 5.07. The molecule has 182 valence electrons. The monoisotopic (exact) mass is 484 g/mol. The number of rotatable bonds is 5. The first-order chi connectivity index (χ1) is 17.3. The van der Waals surface area contributed by atoms with Crippen LogP contribution in [-0.4, -0.2) is 40.4 Å². The maximum absolute atomic E-state index is 14.0. The van der Waals surface area contributed by atoms with Gasteiger partial charge in [-0.05, 0) is 23.8 Å². The summed E-state index contributed by atoms with van der Waals surface area (Å²) in [5.74, 6) is -1.07. The number of aryl methyl sites for hydroxylation is 1. The molecule has 0 saturated heterocycles. The Bertz CT molecular complexity index is 1530. The number of benzene rings is 3. The molecule has 9 heteroatoms. The van der Waals surface area contributed by atoms with E-state index in [1.54, 1.807) is 36.2 Å². The second-order valence-electron chi connectivity index (χ2n) is 8.77. The van der Waals surface area contributed by atoms with Crippen LogP contribution in [0.2, 0.25) is 0 Å². The van der Waals surface area contributed by atoms with Crippen LogP contribution >= 0.6 is 0 Å². The van der Waals surface area contributed by atoms with Gasteiger partial charge in [-0.2, -0.15) is 0 Å². The molecular formula is C27H24N4O5. The second kappa shape index (κ2) is 8.84. The van der Waals surface area contributed by atoms with E-state index in [-0.39, 0.29) is 17.3 Å². The minimum absolute atomic E-state index is 0.173. The van der Waals surface area contributed by atoms with Gasteiger partial charge in [0.25, 0.3) is 11.6 Å². The van der Waals surface area contributed by atoms with Gasteiger partial charge in [-0.15, -0.1) is 0 Å². The van der Waals surface area contributed by atoms with E-state index < -0.39 is 22.8 Å². The average Bonchev–Trinajstić information content (AvgIpc) is 3.22. The predicted molar refractivity (Wildman–Crippen MR) is 135 cm³/mol. The van der Waals surface area contributed by atoms with Crippen molar-refractivity contribution in [3.05, 3.63) is 99.7 Å². The molecular weight excluding hydrogens is 460 g/mol. The Morgan fingerprint density at radius 1 is 1.03 bits per heavy atom. The Labute approximate surface area is 207 Å². The number of nitro groups is 1. The second-order valence-corrected chi connectivity index (χ2v) is 8.77. The highest BCUT2D eigenvalue weighted by atomic mass is 16.6. The minimum Gasteiger partial charge on any atom is -0.495 e. The lowest BCUT2D eigenvalue weighted by atomic mass is 9.79. The summed E-state index contributed by atoms with van der Waals surface area (Å²) in [4.78, 5) is 39.8. The molecule has 2 amide bonds. The normalized spacial score (nSPS) is 17.1. The SMILES string of the molecule is COc1ccc([N+](=O)[O-])cc1NC(=O)[C@@H]1c2ccccc2C(=O)N(C)[C@@H]1c1cn(C)c2ccccc12. The molecule has 5 rings (SSSR count). The van der Waals surface area contributed by atoms with Gasteiger partial charge in [0.05, 0.1) is 29.7 Å². The van der Waals surface area contributed by atoms with Crippen molar-refractivity contribution in [2.75, 3.05) is 19.5 Å². The van der Waals surface area contributed by atoms with Crippen LogP contribution in [0.15, 0.2) is 72.9 Å². The van der Waals surface area contributed by atoms with Gasteiger partial charge < -0.3 is 19.5 Å². The van der Waals surface area contributed by atoms with E-state index in [9.17, 15) is 19.7 Å². The molecule has 1 N–H and O–H groups in total. The van der Waals surface area contributed by atoms with E-state index in [4.69, 9.17) is 4.74 Å². The molecule has 1 aliphatic heterocycles. The van der Waals surface area contributed by atoms with E-state index in [1.165, 1.54) is 25.3 Å². The largest absolute Gasteiger partial charge is 0.495 e. The van der Waals surface area contributed by atoms with E-state index in [0.717, 1.165) is 16.5 Å². The standard InChI is InChI=1S/C27H24N4O5/c1-29-15-20(17-8-6-7-11-22(17)29)25-24(18-9-4-5-10-19(18)27(33)30(25)2)26(32)28-21-14-16(31(34)35)12-13-23(21)36-3/h4-15,24-25H,1-3H3,(H,28,32)/t24-,25-/m1/s1. The molecule has 0 bridgehead atoms. The van der Waals surface area contributed by atoms with Crippen molar-refractivity contribution in [3.63, 3.8) is 0 Å². The third-order valence-corrected chi connectivity index (χ3v) is 6.76. The number of amides is 2. The number of ether oxygens (including phenoxy) is 1. The number of fused-ring (bicyclic) bond motifs is 2. The zero-order chi connectivity index (χ0) is 25.6. The van der Waals surface area contributed by atoms with Gasteiger partial charge in [0.15, 0.2) is 0 Å². The highest BCUT2D eigenvalue weighted by molar-refractivity contribution is 6.05. The maximum atomic E-state index is 14.0. The number of carbonyl (C=O) groups excluding carboxylic acids is 2. The summed E-state index contributed by atoms with van der Waals surface area (Å²) < 4.78 is 7.32. The van der Waals surface area contributed by atoms with E-state index in [0.29, 0.717) is 16.9 Å². The quantitative estimate of drug-likeness (QED) is 0.328. The lowest BCUT2D eigenvalue weighted by molar-refractivity contribution is -0.384. The van der Waals surface area contributed by atoms with E-state index in [2.05, 4.69) is 5.32 Å². The van der Waals surface area contributed by atoms with Crippen molar-refractivity contribution in [2.45, 2.75) is 12.0 Å². The summed E-state index contributed by atoms with van der Waals surface area (Å²) in [6.45, 7) is 0. The van der Waals surface area contributed by atoms with Gasteiger partial charge in [-0.25, -0.2) is 0 Å². The first kappa shape index (κ1) is 23.1. The number of nitrogens with one attached hydrogen (secondary N) is 1. The zero-order valence-corrected chi connectivity index (χ0v) is 20.0. The number of nitrogens with zero attached hydrogens (tertiary/aromatic N) is 3. The number of likely N-dealkylation sites (N-methyl/N-ethyl adjacent to an activating group) is 1. The Morgan fingerprint density at radius 3 is 2.50 bits per heavy atom. The topological polar surface area (TPSA) is 107 Å². The number of non-ortho nitro benzene ring substituents is 1. The van der Waals surface area contributed by atoms with Crippen molar-refractivity contribution in [1.82, 2.24) is 9.47 Å². The lowest BCUT2D eigenvalue weighted by Crippen LogP contribution is -2.44. The molecule has 4 aromatic rings. The third kappa shape index (κ3) is 3.65. The number of methoxy groups -OCH3 is 1. The van der Waals surface area contributed by atoms with Crippen LogP contribution in [0.1, 0.15) is 33.4 Å². The van der Waals surface area contributed by atoms with Crippen LogP contribution in [0.5, 0.6) is 5.75 Å². The Hall–Kier alpha value is -4.66. The fourth-order valence-corrected chi connectivity index (χ4v) is 5.07. The average molecular weight is 485 g/mol. The van der Waals surface area contributed by atoms with Gasteiger partial charge in [-0.3, -0.25) is 19.7 Å². The van der Waals surface area contributed by atoms with Gasteiger partial charge in [0.1, 0.15) is 5.75 Å². The minimum atomic E-state index is -0.779. The van der Waals surface area contributed by atoms with Gasteiger partial charge >= 0.3 is 0 Å². The first-order valence-electron chi connectivity index (χ1n) is 11.3. The van der Waals surface area contributed by atoms with Gasteiger partial charge in [0, 0.05) is 54.5 Å². The van der Waals surface area contributed by atoms with Crippen molar-refractivity contribution >= 4 is 34.1 Å². The number of nitro benzene ring substituents is 1. The fraction of sp³-hybridized carbons (Fsp3) is 0.185. The molecule has 3 aromatic carbocycles. The highest BCUT2D eigenvalue weighted by Crippen LogP contribution is 2.45. The number of hydrogen-bond donors (Lipinski definition) is 1. The number of anilines is 1. The third-order valence-electron chi connectivity index (χ3n) is 6.76. The summed E-state index contributed by atoms with van der Waals surface area (Å²) in [6.07, 6.45) is 1.95. The molecule has 2 atom stereocenters. The van der Waals surface area contributed by atoms with Crippen molar-refractivity contribution in [2.24, 2.45) is 7.05 Å². The highest BCUT2D eigenvalue weighted by Gasteiger charge is 2.43. The molecule has 1 aromatic heterocycles. The summed E-state index contributed by atoms with van der Waals surface area (Å²) in [7, 11) is 5.05. The molecule has 0 aliphatic carbocycles. The van der Waals surface area contributed by atoms with Crippen molar-refractivity contribution in [3.8, 4) is 5.75 Å². The molecule has 0 radical (unpaired) electrons. The molecule has 1 aliphatic rings. The van der Waals surface area contributed by atoms with Gasteiger partial charge in [0.2, 0.25) is 5.91 Å². The van der Waals surface area contributed by atoms with Crippen molar-refractivity contribution < 1.29 is 19.2 Å². The van der Waals surface area contributed by atoms with Crippen LogP contribution in [0.3, 0.4) is 0 Å². The smallest absolute Gasteiger partial charge is 0.271 e. The number of para-hydroxylation sites is 1. The summed E-state index contributed by atoms with van der Waals surface area (Å²) in [5.41, 5.74) is 2.87. The lowest BCUT2D eigenvalue weighted by Gasteiger charge is -2.39. The molecule has 9 nitrogen and oxygen atoms in total. The molecule has 0 saturated carbocycles. The van der Waals surface area contributed by atoms with E-state index in [1.807, 2.05) is 42.1 Å². The zero-order valence-electron chi connectivity index (χ0n) is 20.0. The Morgan fingerprint density at radius 2 is 1.75 bits per heavy atom. The molecule has 0 fully saturated rings. The van der Waals surface area contributed by atoms with Crippen LogP contribution in [0, 0.1) is 10.1 Å². The summed E-state index contributed by atoms with van der Waals surface area (Å²) in [6, 6.07) is 18.3. The molecule has 0 spiro atoms. The van der Waals surface area contributed by atoms with E-state index >= 15 is 0 Å². The Kier molecular flexibility index (Phi) is 5.68. The van der Waals surface area contributed by atoms with Crippen LogP contribution in [-0.2, 0) is 11.8 Å². The van der Waals surface area contributed by atoms with Crippen LogP contribution < -0.4 is 10.1 Å². The molecule has 36 heavy (non-hydrogen) atoms. The Balaban J connectivity index is 1.67. The summed E-state index contributed by atoms with van der Waals surface area (Å²) in [5, 5.41) is 15.1. The summed E-state index contributed by atoms with van der Waals surface area (Å²) >= 11 is 0. The molecule has 0 unspecified atom stereocenters. The maximum Gasteiger partial charge on any atom is 0.271 e. The number of aromatic nitrogens is 1.